The Balaban J connectivity index is 2.29. The molecule has 20 heavy (non-hydrogen) atoms. The molecule has 0 atom stereocenters. The Hall–Kier alpha value is -2.09. The first-order chi connectivity index (χ1) is 9.61. The van der Waals surface area contributed by atoms with E-state index in [0.717, 1.165) is 17.3 Å². The highest BCUT2D eigenvalue weighted by Gasteiger charge is 2.13. The average Bonchev–Trinajstić information content (AvgIpc) is 2.80. The summed E-state index contributed by atoms with van der Waals surface area (Å²) in [6.07, 6.45) is 3.43. The summed E-state index contributed by atoms with van der Waals surface area (Å²) in [5, 5.41) is 9.31. The van der Waals surface area contributed by atoms with Gasteiger partial charge in [0.2, 0.25) is 0 Å². The van der Waals surface area contributed by atoms with Gasteiger partial charge in [-0.25, -0.2) is 4.98 Å². The first-order valence-electron chi connectivity index (χ1n) is 5.83. The maximum absolute atomic E-state index is 11.3. The van der Waals surface area contributed by atoms with Crippen molar-refractivity contribution in [3.63, 3.8) is 0 Å². The number of thioether (sulfide) groups is 1. The average molecular weight is 295 g/mol. The van der Waals surface area contributed by atoms with Crippen LogP contribution in [0.1, 0.15) is 6.42 Å². The summed E-state index contributed by atoms with van der Waals surface area (Å²) in [5.74, 6) is -1.33. The molecule has 0 aliphatic rings. The molecule has 0 aliphatic carbocycles. The van der Waals surface area contributed by atoms with Gasteiger partial charge in [-0.3, -0.25) is 14.6 Å². The van der Waals surface area contributed by atoms with E-state index in [0.29, 0.717) is 17.2 Å². The number of carbonyl (C=O) groups is 2. The van der Waals surface area contributed by atoms with Gasteiger partial charge in [-0.2, -0.15) is 0 Å². The number of nitrogens with zero attached hydrogens (tertiary/aromatic N) is 3. The molecule has 0 amide bonds. The summed E-state index contributed by atoms with van der Waals surface area (Å²) in [4.78, 5) is 30.2. The van der Waals surface area contributed by atoms with Crippen LogP contribution in [0.2, 0.25) is 0 Å². The number of aryl methyl sites for hydroxylation is 1. The third-order valence-corrected chi connectivity index (χ3v) is 3.57. The minimum absolute atomic E-state index is 0.0883. The third-order valence-electron chi connectivity index (χ3n) is 2.61. The van der Waals surface area contributed by atoms with Crippen LogP contribution in [0.5, 0.6) is 0 Å². The zero-order chi connectivity index (χ0) is 14.5. The number of fused-ring (bicyclic) bond motifs is 1. The van der Waals surface area contributed by atoms with Crippen LogP contribution in [0, 0.1) is 0 Å². The molecule has 2 aromatic heterocycles. The Morgan fingerprint density at radius 1 is 1.50 bits per heavy atom. The lowest BCUT2D eigenvalue weighted by molar-refractivity contribution is -0.141. The molecule has 0 fully saturated rings. The van der Waals surface area contributed by atoms with E-state index in [-0.39, 0.29) is 18.1 Å². The van der Waals surface area contributed by atoms with Crippen LogP contribution < -0.4 is 0 Å². The SMILES string of the molecule is COC(=O)CCn1c(SCC(=O)O)nc2cnccc21. The van der Waals surface area contributed by atoms with E-state index in [4.69, 9.17) is 5.11 Å². The number of ether oxygens (including phenoxy) is 1. The molecule has 0 radical (unpaired) electrons. The molecular weight excluding hydrogens is 282 g/mol. The molecular formula is C12H13N3O4S. The molecule has 2 rings (SSSR count). The van der Waals surface area contributed by atoms with E-state index >= 15 is 0 Å². The topological polar surface area (TPSA) is 94.3 Å². The number of rotatable bonds is 6. The number of aromatic nitrogens is 3. The number of hydrogen-bond acceptors (Lipinski definition) is 6. The molecule has 0 unspecified atom stereocenters. The maximum atomic E-state index is 11.3. The van der Waals surface area contributed by atoms with Crippen molar-refractivity contribution in [2.45, 2.75) is 18.1 Å². The van der Waals surface area contributed by atoms with Crippen LogP contribution in [0.3, 0.4) is 0 Å². The van der Waals surface area contributed by atoms with Crippen molar-refractivity contribution in [3.05, 3.63) is 18.5 Å². The summed E-state index contributed by atoms with van der Waals surface area (Å²) >= 11 is 1.11. The van der Waals surface area contributed by atoms with Crippen LogP contribution >= 0.6 is 11.8 Å². The van der Waals surface area contributed by atoms with Gasteiger partial charge < -0.3 is 14.4 Å². The normalized spacial score (nSPS) is 10.7. The van der Waals surface area contributed by atoms with Crippen molar-refractivity contribution in [3.8, 4) is 0 Å². The van der Waals surface area contributed by atoms with Gasteiger partial charge in [0, 0.05) is 12.7 Å². The van der Waals surface area contributed by atoms with Gasteiger partial charge in [-0.1, -0.05) is 11.8 Å². The van der Waals surface area contributed by atoms with Gasteiger partial charge in [0.1, 0.15) is 5.52 Å². The van der Waals surface area contributed by atoms with Crippen molar-refractivity contribution < 1.29 is 19.4 Å². The first-order valence-corrected chi connectivity index (χ1v) is 6.82. The van der Waals surface area contributed by atoms with Gasteiger partial charge in [-0.15, -0.1) is 0 Å². The van der Waals surface area contributed by atoms with Crippen molar-refractivity contribution in [1.29, 1.82) is 0 Å². The molecule has 0 saturated heterocycles. The molecule has 2 aromatic rings. The lowest BCUT2D eigenvalue weighted by Gasteiger charge is -2.07. The van der Waals surface area contributed by atoms with Gasteiger partial charge in [0.05, 0.1) is 31.0 Å². The van der Waals surface area contributed by atoms with Crippen LogP contribution in [0.25, 0.3) is 11.0 Å². The third kappa shape index (κ3) is 3.27. The highest BCUT2D eigenvalue weighted by Crippen LogP contribution is 2.23. The van der Waals surface area contributed by atoms with Crippen molar-refractivity contribution in [2.24, 2.45) is 0 Å². The Kier molecular flexibility index (Phi) is 4.57. The van der Waals surface area contributed by atoms with E-state index in [1.165, 1.54) is 7.11 Å². The Bertz CT molecular complexity index is 641. The second kappa shape index (κ2) is 6.38. The van der Waals surface area contributed by atoms with Crippen molar-refractivity contribution in [2.75, 3.05) is 12.9 Å². The molecule has 0 aliphatic heterocycles. The fourth-order valence-electron chi connectivity index (χ4n) is 1.72. The molecule has 7 nitrogen and oxygen atoms in total. The Morgan fingerprint density at radius 2 is 2.30 bits per heavy atom. The highest BCUT2D eigenvalue weighted by atomic mass is 32.2. The number of imidazole rings is 1. The monoisotopic (exact) mass is 295 g/mol. The molecule has 2 heterocycles. The number of carbonyl (C=O) groups excluding carboxylic acids is 1. The first kappa shape index (κ1) is 14.3. The zero-order valence-electron chi connectivity index (χ0n) is 10.8. The summed E-state index contributed by atoms with van der Waals surface area (Å²) in [6, 6.07) is 1.78. The largest absolute Gasteiger partial charge is 0.481 e. The fourth-order valence-corrected chi connectivity index (χ4v) is 2.48. The number of aliphatic carboxylic acids is 1. The van der Waals surface area contributed by atoms with Gasteiger partial charge in [0.15, 0.2) is 5.16 Å². The van der Waals surface area contributed by atoms with Gasteiger partial charge in [-0.05, 0) is 6.07 Å². The number of hydrogen-bond donors (Lipinski definition) is 1. The molecule has 8 heteroatoms. The van der Waals surface area contributed by atoms with E-state index in [1.54, 1.807) is 18.5 Å². The number of esters is 1. The summed E-state index contributed by atoms with van der Waals surface area (Å²) in [7, 11) is 1.33. The second-order valence-electron chi connectivity index (χ2n) is 3.92. The smallest absolute Gasteiger partial charge is 0.313 e. The summed E-state index contributed by atoms with van der Waals surface area (Å²) in [6.45, 7) is 0.384. The lowest BCUT2D eigenvalue weighted by Crippen LogP contribution is -2.08. The second-order valence-corrected chi connectivity index (χ2v) is 4.86. The van der Waals surface area contributed by atoms with E-state index < -0.39 is 5.97 Å². The molecule has 0 saturated carbocycles. The summed E-state index contributed by atoms with van der Waals surface area (Å²) < 4.78 is 6.42. The minimum Gasteiger partial charge on any atom is -0.481 e. The molecule has 0 spiro atoms. The Labute approximate surface area is 119 Å². The fraction of sp³-hybridized carbons (Fsp3) is 0.333. The minimum atomic E-state index is -0.917. The standard InChI is InChI=1S/C12H13N3O4S/c1-19-11(18)3-5-15-9-2-4-13-6-8(9)14-12(15)20-7-10(16)17/h2,4,6H,3,5,7H2,1H3,(H,16,17). The van der Waals surface area contributed by atoms with Crippen molar-refractivity contribution >= 4 is 34.7 Å². The number of carboxylic acid groups (broad SMARTS) is 1. The van der Waals surface area contributed by atoms with E-state index in [9.17, 15) is 9.59 Å². The summed E-state index contributed by atoms with van der Waals surface area (Å²) in [5.41, 5.74) is 1.49. The maximum Gasteiger partial charge on any atom is 0.313 e. The lowest BCUT2D eigenvalue weighted by atomic mass is 10.4. The van der Waals surface area contributed by atoms with Gasteiger partial charge in [0.25, 0.3) is 0 Å². The molecule has 0 aromatic carbocycles. The van der Waals surface area contributed by atoms with Crippen LogP contribution in [0.15, 0.2) is 23.6 Å². The Morgan fingerprint density at radius 3 is 3.00 bits per heavy atom. The number of pyridine rings is 1. The van der Waals surface area contributed by atoms with E-state index in [1.807, 2.05) is 4.57 Å². The molecule has 0 bridgehead atoms. The number of carboxylic acids is 1. The van der Waals surface area contributed by atoms with Crippen molar-refractivity contribution in [1.82, 2.24) is 14.5 Å². The quantitative estimate of drug-likeness (QED) is 0.631. The number of methoxy groups -OCH3 is 1. The van der Waals surface area contributed by atoms with Crippen LogP contribution in [0.4, 0.5) is 0 Å². The highest BCUT2D eigenvalue weighted by molar-refractivity contribution is 7.99. The van der Waals surface area contributed by atoms with Crippen LogP contribution in [-0.4, -0.2) is 44.4 Å². The van der Waals surface area contributed by atoms with Crippen LogP contribution in [-0.2, 0) is 20.9 Å². The van der Waals surface area contributed by atoms with Gasteiger partial charge >= 0.3 is 11.9 Å². The molecule has 1 N–H and O–H groups in total. The zero-order valence-corrected chi connectivity index (χ0v) is 11.6. The molecule has 106 valence electrons. The predicted octanol–water partition coefficient (Wildman–Crippen LogP) is 1.17. The predicted molar refractivity (Wildman–Crippen MR) is 72.5 cm³/mol. The van der Waals surface area contributed by atoms with E-state index in [2.05, 4.69) is 14.7 Å².